The van der Waals surface area contributed by atoms with Gasteiger partial charge >= 0.3 is 0 Å². The van der Waals surface area contributed by atoms with Crippen LogP contribution in [-0.2, 0) is 0 Å². The van der Waals surface area contributed by atoms with Crippen LogP contribution >= 0.6 is 47.8 Å². The molecule has 0 spiro atoms. The molecule has 1 atom stereocenters. The molecule has 0 aliphatic rings. The summed E-state index contributed by atoms with van der Waals surface area (Å²) in [4.78, 5) is -0.327. The lowest BCUT2D eigenvalue weighted by atomic mass is 10.0. The molecule has 0 aliphatic heterocycles. The Labute approximate surface area is 129 Å². The predicted octanol–water partition coefficient (Wildman–Crippen LogP) is 5.97. The Hall–Kier alpha value is -0.260. The Morgan fingerprint density at radius 1 is 0.889 bits per heavy atom. The van der Waals surface area contributed by atoms with Crippen molar-refractivity contribution >= 4 is 47.8 Å². The second-order valence-corrected chi connectivity index (χ2v) is 6.48. The lowest BCUT2D eigenvalue weighted by molar-refractivity contribution is 0.574. The van der Waals surface area contributed by atoms with Crippen LogP contribution in [0.1, 0.15) is 16.0 Å². The van der Waals surface area contributed by atoms with Gasteiger partial charge in [0.2, 0.25) is 0 Å². The maximum Gasteiger partial charge on any atom is 0.130 e. The maximum absolute atomic E-state index is 13.7. The molecule has 0 saturated heterocycles. The predicted molar refractivity (Wildman–Crippen MR) is 79.0 cm³/mol. The van der Waals surface area contributed by atoms with E-state index < -0.39 is 11.6 Å². The highest BCUT2D eigenvalue weighted by Crippen LogP contribution is 2.35. The number of hydrogen-bond donors (Lipinski definition) is 0. The fourth-order valence-electron chi connectivity index (χ4n) is 1.61. The average Bonchev–Trinajstić information content (AvgIpc) is 2.26. The van der Waals surface area contributed by atoms with E-state index in [1.165, 1.54) is 12.1 Å². The van der Waals surface area contributed by atoms with E-state index in [2.05, 4.69) is 47.8 Å². The van der Waals surface area contributed by atoms with Gasteiger partial charge in [0.1, 0.15) is 11.6 Å². The number of alkyl halides is 1. The Bertz CT molecular complexity index is 564. The molecule has 2 aromatic carbocycles. The summed E-state index contributed by atoms with van der Waals surface area (Å²) in [5, 5.41) is 0. The van der Waals surface area contributed by atoms with Crippen molar-refractivity contribution in [3.8, 4) is 0 Å². The first-order valence-electron chi connectivity index (χ1n) is 5.02. The third kappa shape index (κ3) is 3.19. The van der Waals surface area contributed by atoms with Gasteiger partial charge < -0.3 is 0 Å². The standard InChI is InChI=1S/C13H7Br3F2/c14-8-3-7(4-9(15)5-8)13(16)11-2-1-10(17)6-12(11)18/h1-6,13H. The van der Waals surface area contributed by atoms with Crippen molar-refractivity contribution in [1.82, 2.24) is 0 Å². The van der Waals surface area contributed by atoms with E-state index in [-0.39, 0.29) is 4.83 Å². The van der Waals surface area contributed by atoms with Crippen molar-refractivity contribution in [1.29, 1.82) is 0 Å². The summed E-state index contributed by atoms with van der Waals surface area (Å²) in [7, 11) is 0. The highest BCUT2D eigenvalue weighted by atomic mass is 79.9. The molecular formula is C13H7Br3F2. The maximum atomic E-state index is 13.7. The van der Waals surface area contributed by atoms with Crippen molar-refractivity contribution in [3.05, 3.63) is 68.1 Å². The van der Waals surface area contributed by atoms with Crippen LogP contribution in [0.2, 0.25) is 0 Å². The van der Waals surface area contributed by atoms with E-state index in [1.54, 1.807) is 0 Å². The first-order valence-corrected chi connectivity index (χ1v) is 7.52. The lowest BCUT2D eigenvalue weighted by Crippen LogP contribution is -1.97. The van der Waals surface area contributed by atoms with Crippen molar-refractivity contribution in [2.45, 2.75) is 4.83 Å². The number of rotatable bonds is 2. The highest BCUT2D eigenvalue weighted by Gasteiger charge is 2.16. The van der Waals surface area contributed by atoms with Gasteiger partial charge in [-0.25, -0.2) is 8.78 Å². The summed E-state index contributed by atoms with van der Waals surface area (Å²) in [6.45, 7) is 0. The topological polar surface area (TPSA) is 0 Å². The Morgan fingerprint density at radius 3 is 2.06 bits per heavy atom. The molecule has 2 aromatic rings. The molecule has 0 saturated carbocycles. The third-order valence-corrected chi connectivity index (χ3v) is 4.35. The van der Waals surface area contributed by atoms with E-state index in [1.807, 2.05) is 18.2 Å². The number of benzene rings is 2. The van der Waals surface area contributed by atoms with Crippen molar-refractivity contribution in [3.63, 3.8) is 0 Å². The Kier molecular flexibility index (Phi) is 4.56. The van der Waals surface area contributed by atoms with E-state index in [9.17, 15) is 8.78 Å². The molecule has 0 N–H and O–H groups in total. The first-order chi connectivity index (χ1) is 8.47. The van der Waals surface area contributed by atoms with Gasteiger partial charge in [-0.1, -0.05) is 53.9 Å². The van der Waals surface area contributed by atoms with Crippen LogP contribution in [0.3, 0.4) is 0 Å². The van der Waals surface area contributed by atoms with Gasteiger partial charge in [0, 0.05) is 20.6 Å². The summed E-state index contributed by atoms with van der Waals surface area (Å²) in [6, 6.07) is 9.24. The molecule has 0 aliphatic carbocycles. The van der Waals surface area contributed by atoms with Crippen molar-refractivity contribution in [2.24, 2.45) is 0 Å². The molecule has 2 rings (SSSR count). The summed E-state index contributed by atoms with van der Waals surface area (Å²) in [6.07, 6.45) is 0. The fraction of sp³-hybridized carbons (Fsp3) is 0.0769. The van der Waals surface area contributed by atoms with Gasteiger partial charge in [0.15, 0.2) is 0 Å². The van der Waals surface area contributed by atoms with Crippen LogP contribution in [0, 0.1) is 11.6 Å². The molecule has 0 radical (unpaired) electrons. The van der Waals surface area contributed by atoms with Gasteiger partial charge in [-0.05, 0) is 29.8 Å². The quantitative estimate of drug-likeness (QED) is 0.504. The summed E-state index contributed by atoms with van der Waals surface area (Å²) in [5.74, 6) is -1.14. The zero-order valence-electron chi connectivity index (χ0n) is 8.93. The SMILES string of the molecule is Fc1ccc(C(Br)c2cc(Br)cc(Br)c2)c(F)c1. The van der Waals surface area contributed by atoms with Crippen LogP contribution in [0.5, 0.6) is 0 Å². The third-order valence-electron chi connectivity index (χ3n) is 2.41. The van der Waals surface area contributed by atoms with Gasteiger partial charge in [0.25, 0.3) is 0 Å². The molecule has 0 bridgehead atoms. The van der Waals surface area contributed by atoms with Gasteiger partial charge in [-0.2, -0.15) is 0 Å². The number of halogens is 5. The minimum atomic E-state index is -0.577. The molecule has 0 nitrogen and oxygen atoms in total. The minimum absolute atomic E-state index is 0.327. The highest BCUT2D eigenvalue weighted by molar-refractivity contribution is 9.11. The molecule has 0 amide bonds. The summed E-state index contributed by atoms with van der Waals surface area (Å²) >= 11 is 10.2. The van der Waals surface area contributed by atoms with Crippen LogP contribution in [0.15, 0.2) is 45.3 Å². The monoisotopic (exact) mass is 438 g/mol. The first kappa shape index (κ1) is 14.2. The molecule has 0 aromatic heterocycles. The summed E-state index contributed by atoms with van der Waals surface area (Å²) < 4.78 is 28.3. The van der Waals surface area contributed by atoms with Crippen LogP contribution in [-0.4, -0.2) is 0 Å². The van der Waals surface area contributed by atoms with Gasteiger partial charge in [0.05, 0.1) is 4.83 Å². The molecule has 5 heteroatoms. The zero-order valence-corrected chi connectivity index (χ0v) is 13.7. The Morgan fingerprint density at radius 2 is 1.50 bits per heavy atom. The second-order valence-electron chi connectivity index (χ2n) is 3.73. The van der Waals surface area contributed by atoms with E-state index in [0.717, 1.165) is 20.6 Å². The normalized spacial score (nSPS) is 12.5. The largest absolute Gasteiger partial charge is 0.207 e. The van der Waals surface area contributed by atoms with Gasteiger partial charge in [-0.3, -0.25) is 0 Å². The van der Waals surface area contributed by atoms with Crippen LogP contribution in [0.4, 0.5) is 8.78 Å². The average molecular weight is 441 g/mol. The van der Waals surface area contributed by atoms with E-state index in [4.69, 9.17) is 0 Å². The zero-order chi connectivity index (χ0) is 13.3. The van der Waals surface area contributed by atoms with Gasteiger partial charge in [-0.15, -0.1) is 0 Å². The fourth-order valence-corrected chi connectivity index (χ4v) is 3.57. The van der Waals surface area contributed by atoms with Crippen molar-refractivity contribution in [2.75, 3.05) is 0 Å². The lowest BCUT2D eigenvalue weighted by Gasteiger charge is -2.13. The molecule has 18 heavy (non-hydrogen) atoms. The smallest absolute Gasteiger partial charge is 0.130 e. The second kappa shape index (κ2) is 5.80. The van der Waals surface area contributed by atoms with Crippen LogP contribution in [0.25, 0.3) is 0 Å². The molecule has 0 fully saturated rings. The molecule has 94 valence electrons. The van der Waals surface area contributed by atoms with Crippen LogP contribution < -0.4 is 0 Å². The molecular weight excluding hydrogens is 434 g/mol. The number of hydrogen-bond acceptors (Lipinski definition) is 0. The van der Waals surface area contributed by atoms with Crippen molar-refractivity contribution < 1.29 is 8.78 Å². The Balaban J connectivity index is 2.44. The minimum Gasteiger partial charge on any atom is -0.207 e. The molecule has 1 unspecified atom stereocenters. The van der Waals surface area contributed by atoms with E-state index >= 15 is 0 Å². The van der Waals surface area contributed by atoms with E-state index in [0.29, 0.717) is 5.56 Å². The summed E-state index contributed by atoms with van der Waals surface area (Å²) in [5.41, 5.74) is 1.28. The molecule has 0 heterocycles.